The van der Waals surface area contributed by atoms with E-state index in [-0.39, 0.29) is 5.56 Å². The predicted molar refractivity (Wildman–Crippen MR) is 87.3 cm³/mol. The number of nitrogens with zero attached hydrogens (tertiary/aromatic N) is 3. The Morgan fingerprint density at radius 1 is 1.22 bits per heavy atom. The minimum absolute atomic E-state index is 0.283. The number of rotatable bonds is 5. The number of aryl methyl sites for hydroxylation is 1. The highest BCUT2D eigenvalue weighted by molar-refractivity contribution is 5.89. The van der Waals surface area contributed by atoms with E-state index in [0.29, 0.717) is 12.0 Å². The van der Waals surface area contributed by atoms with Gasteiger partial charge < -0.3 is 5.11 Å². The van der Waals surface area contributed by atoms with Crippen molar-refractivity contribution in [2.75, 3.05) is 0 Å². The number of hydrogen-bond acceptors (Lipinski definition) is 3. The van der Waals surface area contributed by atoms with E-state index in [1.807, 2.05) is 48.0 Å². The SMILES string of the molecule is CCn1nc(-c2ccccc2)cc1Cc1cnccc1C(=O)O. The summed E-state index contributed by atoms with van der Waals surface area (Å²) in [6.45, 7) is 2.75. The Hall–Kier alpha value is -2.95. The molecule has 0 bridgehead atoms. The van der Waals surface area contributed by atoms with E-state index in [1.165, 1.54) is 12.3 Å². The van der Waals surface area contributed by atoms with Gasteiger partial charge in [-0.1, -0.05) is 30.3 Å². The average molecular weight is 307 g/mol. The summed E-state index contributed by atoms with van der Waals surface area (Å²) in [6.07, 6.45) is 3.60. The molecule has 0 aliphatic heterocycles. The first kappa shape index (κ1) is 15.0. The lowest BCUT2D eigenvalue weighted by atomic mass is 10.0. The summed E-state index contributed by atoms with van der Waals surface area (Å²) in [5, 5.41) is 13.9. The first-order valence-electron chi connectivity index (χ1n) is 7.47. The van der Waals surface area contributed by atoms with Crippen LogP contribution >= 0.6 is 0 Å². The Labute approximate surface area is 134 Å². The van der Waals surface area contributed by atoms with Crippen molar-refractivity contribution in [3.8, 4) is 11.3 Å². The highest BCUT2D eigenvalue weighted by Crippen LogP contribution is 2.21. The predicted octanol–water partition coefficient (Wildman–Crippen LogP) is 3.25. The van der Waals surface area contributed by atoms with Crippen LogP contribution in [-0.2, 0) is 13.0 Å². The lowest BCUT2D eigenvalue weighted by Gasteiger charge is -2.06. The normalized spacial score (nSPS) is 10.7. The molecule has 1 aromatic carbocycles. The summed E-state index contributed by atoms with van der Waals surface area (Å²) in [6, 6.07) is 13.5. The fourth-order valence-electron chi connectivity index (χ4n) is 2.59. The maximum Gasteiger partial charge on any atom is 0.336 e. The van der Waals surface area contributed by atoms with Gasteiger partial charge in [-0.25, -0.2) is 4.79 Å². The molecule has 0 saturated heterocycles. The molecule has 3 aromatic rings. The zero-order chi connectivity index (χ0) is 16.2. The monoisotopic (exact) mass is 307 g/mol. The maximum absolute atomic E-state index is 11.3. The van der Waals surface area contributed by atoms with Crippen LogP contribution in [0.25, 0.3) is 11.3 Å². The van der Waals surface area contributed by atoms with Gasteiger partial charge in [0.25, 0.3) is 0 Å². The van der Waals surface area contributed by atoms with Crippen molar-refractivity contribution >= 4 is 5.97 Å². The van der Waals surface area contributed by atoms with Crippen molar-refractivity contribution in [2.45, 2.75) is 19.9 Å². The lowest BCUT2D eigenvalue weighted by molar-refractivity contribution is 0.0695. The molecule has 0 saturated carbocycles. The van der Waals surface area contributed by atoms with Crippen LogP contribution in [0, 0.1) is 0 Å². The molecule has 0 aliphatic carbocycles. The quantitative estimate of drug-likeness (QED) is 0.785. The summed E-state index contributed by atoms with van der Waals surface area (Å²) in [5.74, 6) is -0.937. The Balaban J connectivity index is 1.98. The Kier molecular flexibility index (Phi) is 4.19. The number of aromatic nitrogens is 3. The Morgan fingerprint density at radius 2 is 2.00 bits per heavy atom. The molecule has 0 aliphatic rings. The molecule has 0 radical (unpaired) electrons. The molecular weight excluding hydrogens is 290 g/mol. The number of aromatic carboxylic acids is 1. The third-order valence-electron chi connectivity index (χ3n) is 3.74. The standard InChI is InChI=1S/C18H17N3O2/c1-2-21-15(10-14-12-19-9-8-16(14)18(22)23)11-17(20-21)13-6-4-3-5-7-13/h3-9,11-12H,2,10H2,1H3,(H,22,23). The largest absolute Gasteiger partial charge is 0.478 e. The van der Waals surface area contributed by atoms with Crippen LogP contribution in [0.5, 0.6) is 0 Å². The molecule has 116 valence electrons. The van der Waals surface area contributed by atoms with Gasteiger partial charge in [0, 0.05) is 36.6 Å². The van der Waals surface area contributed by atoms with Crippen molar-refractivity contribution in [3.05, 3.63) is 71.7 Å². The topological polar surface area (TPSA) is 68.0 Å². The smallest absolute Gasteiger partial charge is 0.336 e. The van der Waals surface area contributed by atoms with Crippen molar-refractivity contribution in [1.29, 1.82) is 0 Å². The van der Waals surface area contributed by atoms with E-state index in [2.05, 4.69) is 10.1 Å². The number of benzene rings is 1. The van der Waals surface area contributed by atoms with E-state index < -0.39 is 5.97 Å². The van der Waals surface area contributed by atoms with Crippen LogP contribution in [0.15, 0.2) is 54.9 Å². The highest BCUT2D eigenvalue weighted by Gasteiger charge is 2.14. The molecule has 0 amide bonds. The molecule has 0 atom stereocenters. The molecule has 23 heavy (non-hydrogen) atoms. The van der Waals surface area contributed by atoms with Crippen LogP contribution in [-0.4, -0.2) is 25.8 Å². The van der Waals surface area contributed by atoms with E-state index >= 15 is 0 Å². The van der Waals surface area contributed by atoms with Gasteiger partial charge in [0.2, 0.25) is 0 Å². The second kappa shape index (κ2) is 6.44. The number of pyridine rings is 1. The number of hydrogen-bond donors (Lipinski definition) is 1. The maximum atomic E-state index is 11.3. The van der Waals surface area contributed by atoms with Gasteiger partial charge in [-0.05, 0) is 24.6 Å². The fourth-order valence-corrected chi connectivity index (χ4v) is 2.59. The molecule has 0 fully saturated rings. The van der Waals surface area contributed by atoms with E-state index in [4.69, 9.17) is 0 Å². The molecular formula is C18H17N3O2. The lowest BCUT2D eigenvalue weighted by Crippen LogP contribution is -2.07. The molecule has 5 heteroatoms. The molecule has 0 unspecified atom stereocenters. The van der Waals surface area contributed by atoms with Crippen LogP contribution in [0.4, 0.5) is 0 Å². The third-order valence-corrected chi connectivity index (χ3v) is 3.74. The van der Waals surface area contributed by atoms with Gasteiger partial charge in [0.1, 0.15) is 0 Å². The first-order valence-corrected chi connectivity index (χ1v) is 7.47. The number of carbonyl (C=O) groups is 1. The van der Waals surface area contributed by atoms with Crippen LogP contribution < -0.4 is 0 Å². The van der Waals surface area contributed by atoms with Crippen LogP contribution in [0.3, 0.4) is 0 Å². The average Bonchev–Trinajstić information content (AvgIpc) is 2.99. The summed E-state index contributed by atoms with van der Waals surface area (Å²) in [7, 11) is 0. The Bertz CT molecular complexity index is 825. The van der Waals surface area contributed by atoms with Gasteiger partial charge in [-0.2, -0.15) is 5.10 Å². The van der Waals surface area contributed by atoms with Crippen LogP contribution in [0.2, 0.25) is 0 Å². The van der Waals surface area contributed by atoms with Crippen molar-refractivity contribution in [3.63, 3.8) is 0 Å². The van der Waals surface area contributed by atoms with E-state index in [1.54, 1.807) is 6.20 Å². The zero-order valence-corrected chi connectivity index (χ0v) is 12.8. The second-order valence-electron chi connectivity index (χ2n) is 5.22. The second-order valence-corrected chi connectivity index (χ2v) is 5.22. The van der Waals surface area contributed by atoms with Crippen LogP contribution in [0.1, 0.15) is 28.5 Å². The molecule has 2 aromatic heterocycles. The van der Waals surface area contributed by atoms with Crippen molar-refractivity contribution in [2.24, 2.45) is 0 Å². The van der Waals surface area contributed by atoms with E-state index in [0.717, 1.165) is 23.5 Å². The van der Waals surface area contributed by atoms with Crippen molar-refractivity contribution in [1.82, 2.24) is 14.8 Å². The summed E-state index contributed by atoms with van der Waals surface area (Å²) < 4.78 is 1.90. The molecule has 2 heterocycles. The fraction of sp³-hybridized carbons (Fsp3) is 0.167. The molecule has 3 rings (SSSR count). The van der Waals surface area contributed by atoms with Gasteiger partial charge in [-0.3, -0.25) is 9.67 Å². The van der Waals surface area contributed by atoms with Gasteiger partial charge in [0.05, 0.1) is 11.3 Å². The van der Waals surface area contributed by atoms with Gasteiger partial charge in [-0.15, -0.1) is 0 Å². The summed E-state index contributed by atoms with van der Waals surface area (Å²) in [4.78, 5) is 15.4. The molecule has 0 spiro atoms. The Morgan fingerprint density at radius 3 is 2.70 bits per heavy atom. The zero-order valence-electron chi connectivity index (χ0n) is 12.8. The summed E-state index contributed by atoms with van der Waals surface area (Å²) >= 11 is 0. The minimum Gasteiger partial charge on any atom is -0.478 e. The number of carboxylic acid groups (broad SMARTS) is 1. The first-order chi connectivity index (χ1) is 11.2. The molecule has 1 N–H and O–H groups in total. The third kappa shape index (κ3) is 3.13. The highest BCUT2D eigenvalue weighted by atomic mass is 16.4. The van der Waals surface area contributed by atoms with Gasteiger partial charge in [0.15, 0.2) is 0 Å². The summed E-state index contributed by atoms with van der Waals surface area (Å²) in [5.41, 5.74) is 3.88. The minimum atomic E-state index is -0.937. The molecule has 5 nitrogen and oxygen atoms in total. The van der Waals surface area contributed by atoms with Crippen molar-refractivity contribution < 1.29 is 9.90 Å². The van der Waals surface area contributed by atoms with Gasteiger partial charge >= 0.3 is 5.97 Å². The number of carboxylic acids is 1. The van der Waals surface area contributed by atoms with E-state index in [9.17, 15) is 9.90 Å².